The molecule has 1 heterocycles. The Hall–Kier alpha value is -4.85. The fraction of sp³-hybridized carbons (Fsp3) is 0.194. The summed E-state index contributed by atoms with van der Waals surface area (Å²) in [5, 5.41) is 2.25. The van der Waals surface area contributed by atoms with Gasteiger partial charge in [0, 0.05) is 5.56 Å². The minimum atomic E-state index is -0.825. The minimum Gasteiger partial charge on any atom is -0.497 e. The van der Waals surface area contributed by atoms with Crippen LogP contribution in [-0.2, 0) is 22.6 Å². The molecule has 4 amide bonds. The van der Waals surface area contributed by atoms with Gasteiger partial charge in [0.25, 0.3) is 11.8 Å². The number of nitrogens with zero attached hydrogens (tertiary/aromatic N) is 1. The predicted octanol–water partition coefficient (Wildman–Crippen LogP) is 5.38. The summed E-state index contributed by atoms with van der Waals surface area (Å²) in [6, 6.07) is 17.1. The largest absolute Gasteiger partial charge is 0.497 e. The molecule has 0 aromatic heterocycles. The average Bonchev–Trinajstić information content (AvgIpc) is 2.92. The maximum absolute atomic E-state index is 13.3. The van der Waals surface area contributed by atoms with Crippen molar-refractivity contribution in [1.29, 1.82) is 0 Å². The highest BCUT2D eigenvalue weighted by molar-refractivity contribution is 6.39. The molecule has 1 N–H and O–H groups in total. The van der Waals surface area contributed by atoms with E-state index in [2.05, 4.69) is 11.9 Å². The van der Waals surface area contributed by atoms with Gasteiger partial charge >= 0.3 is 6.03 Å². The second kappa shape index (κ2) is 12.1. The summed E-state index contributed by atoms with van der Waals surface area (Å²) >= 11 is 0. The molecule has 1 aliphatic heterocycles. The number of aryl methyl sites for hydroxylation is 1. The van der Waals surface area contributed by atoms with Crippen LogP contribution in [0.1, 0.15) is 29.2 Å². The van der Waals surface area contributed by atoms with Gasteiger partial charge in [0.2, 0.25) is 0 Å². The molecule has 0 aliphatic carbocycles. The number of carbonyl (C=O) groups excluding carboxylic acids is 3. The van der Waals surface area contributed by atoms with E-state index in [4.69, 9.17) is 14.2 Å². The average molecular weight is 527 g/mol. The zero-order valence-electron chi connectivity index (χ0n) is 22.2. The third-order valence-corrected chi connectivity index (χ3v) is 6.07. The number of amides is 4. The first-order chi connectivity index (χ1) is 18.8. The predicted molar refractivity (Wildman–Crippen MR) is 149 cm³/mol. The number of barbiturate groups is 1. The van der Waals surface area contributed by atoms with E-state index in [0.29, 0.717) is 48.1 Å². The molecule has 3 aromatic rings. The molecule has 0 unspecified atom stereocenters. The lowest BCUT2D eigenvalue weighted by atomic mass is 10.0. The van der Waals surface area contributed by atoms with Gasteiger partial charge in [0.1, 0.15) is 17.9 Å². The summed E-state index contributed by atoms with van der Waals surface area (Å²) in [5.41, 5.74) is 3.60. The molecule has 0 spiro atoms. The number of allylic oxidation sites excluding steroid dienone is 1. The highest BCUT2D eigenvalue weighted by Crippen LogP contribution is 2.36. The summed E-state index contributed by atoms with van der Waals surface area (Å²) in [6.07, 6.45) is 3.65. The molecule has 200 valence electrons. The highest BCUT2D eigenvalue weighted by atomic mass is 16.5. The van der Waals surface area contributed by atoms with E-state index in [1.807, 2.05) is 44.2 Å². The van der Waals surface area contributed by atoms with Crippen LogP contribution in [0.4, 0.5) is 10.5 Å². The van der Waals surface area contributed by atoms with Gasteiger partial charge in [0.15, 0.2) is 11.5 Å². The molecule has 4 rings (SSSR count). The van der Waals surface area contributed by atoms with Crippen molar-refractivity contribution >= 4 is 29.6 Å². The third kappa shape index (κ3) is 6.18. The van der Waals surface area contributed by atoms with Crippen molar-refractivity contribution in [2.75, 3.05) is 18.6 Å². The summed E-state index contributed by atoms with van der Waals surface area (Å²) in [6.45, 7) is 8.46. The highest BCUT2D eigenvalue weighted by Gasteiger charge is 2.37. The summed E-state index contributed by atoms with van der Waals surface area (Å²) in [4.78, 5) is 39.6. The van der Waals surface area contributed by atoms with Gasteiger partial charge < -0.3 is 14.2 Å². The number of ether oxygens (including phenoxy) is 3. The van der Waals surface area contributed by atoms with E-state index in [-0.39, 0.29) is 5.57 Å². The smallest absolute Gasteiger partial charge is 0.335 e. The summed E-state index contributed by atoms with van der Waals surface area (Å²) in [7, 11) is 1.52. The zero-order valence-corrected chi connectivity index (χ0v) is 22.2. The third-order valence-electron chi connectivity index (χ3n) is 6.07. The van der Waals surface area contributed by atoms with Crippen molar-refractivity contribution < 1.29 is 28.6 Å². The lowest BCUT2D eigenvalue weighted by Crippen LogP contribution is -2.54. The van der Waals surface area contributed by atoms with E-state index in [0.717, 1.165) is 21.6 Å². The van der Waals surface area contributed by atoms with Crippen LogP contribution in [0.3, 0.4) is 0 Å². The van der Waals surface area contributed by atoms with Gasteiger partial charge in [-0.3, -0.25) is 14.9 Å². The molecule has 0 atom stereocenters. The van der Waals surface area contributed by atoms with Crippen LogP contribution in [-0.4, -0.2) is 31.6 Å². The lowest BCUT2D eigenvalue weighted by molar-refractivity contribution is -0.122. The number of nitrogens with one attached hydrogen (secondary N) is 1. The molecule has 3 aromatic carbocycles. The first-order valence-corrected chi connectivity index (χ1v) is 12.5. The fourth-order valence-electron chi connectivity index (χ4n) is 4.13. The first kappa shape index (κ1) is 27.2. The summed E-state index contributed by atoms with van der Waals surface area (Å²) < 4.78 is 17.2. The molecule has 8 heteroatoms. The van der Waals surface area contributed by atoms with Crippen LogP contribution in [0.15, 0.2) is 78.9 Å². The van der Waals surface area contributed by atoms with Crippen molar-refractivity contribution in [3.05, 3.63) is 101 Å². The van der Waals surface area contributed by atoms with Crippen LogP contribution in [0, 0.1) is 6.92 Å². The van der Waals surface area contributed by atoms with E-state index < -0.39 is 17.8 Å². The van der Waals surface area contributed by atoms with E-state index in [1.165, 1.54) is 13.2 Å². The van der Waals surface area contributed by atoms with E-state index in [1.54, 1.807) is 36.4 Å². The Morgan fingerprint density at radius 1 is 0.974 bits per heavy atom. The van der Waals surface area contributed by atoms with E-state index >= 15 is 0 Å². The molecule has 1 fully saturated rings. The van der Waals surface area contributed by atoms with Crippen LogP contribution < -0.4 is 24.4 Å². The van der Waals surface area contributed by atoms with Crippen molar-refractivity contribution in [3.63, 3.8) is 0 Å². The molecule has 1 aliphatic rings. The maximum Gasteiger partial charge on any atom is 0.335 e. The topological polar surface area (TPSA) is 94.2 Å². The van der Waals surface area contributed by atoms with Crippen LogP contribution >= 0.6 is 0 Å². The SMILES string of the molecule is C=CCc1cc(/C=C2\C(=O)NC(=O)N(c3ccc(OC)cc3)C2=O)cc(OCC)c1OCc1ccc(C)cc1. The van der Waals surface area contributed by atoms with Crippen LogP contribution in [0.5, 0.6) is 17.2 Å². The number of hydrogen-bond acceptors (Lipinski definition) is 6. The first-order valence-electron chi connectivity index (χ1n) is 12.5. The number of urea groups is 1. The van der Waals surface area contributed by atoms with Crippen molar-refractivity contribution in [3.8, 4) is 17.2 Å². The number of imide groups is 2. The number of benzene rings is 3. The van der Waals surface area contributed by atoms with Gasteiger partial charge in [-0.1, -0.05) is 35.9 Å². The molecule has 1 saturated heterocycles. The van der Waals surface area contributed by atoms with Crippen molar-refractivity contribution in [2.24, 2.45) is 0 Å². The van der Waals surface area contributed by atoms with Gasteiger partial charge in [0.05, 0.1) is 19.4 Å². The number of methoxy groups -OCH3 is 1. The van der Waals surface area contributed by atoms with Gasteiger partial charge in [-0.2, -0.15) is 0 Å². The number of anilines is 1. The second-order valence-corrected chi connectivity index (χ2v) is 8.86. The molecular formula is C31H30N2O6. The van der Waals surface area contributed by atoms with Crippen molar-refractivity contribution in [1.82, 2.24) is 5.32 Å². The molecule has 39 heavy (non-hydrogen) atoms. The quantitative estimate of drug-likeness (QED) is 0.217. The minimum absolute atomic E-state index is 0.189. The Bertz CT molecular complexity index is 1420. The van der Waals surface area contributed by atoms with Crippen LogP contribution in [0.2, 0.25) is 0 Å². The normalized spacial score (nSPS) is 14.3. The van der Waals surface area contributed by atoms with Gasteiger partial charge in [-0.15, -0.1) is 6.58 Å². The Kier molecular flexibility index (Phi) is 8.46. The summed E-state index contributed by atoms with van der Waals surface area (Å²) in [5.74, 6) is 0.0874. The monoisotopic (exact) mass is 526 g/mol. The Morgan fingerprint density at radius 3 is 2.33 bits per heavy atom. The standard InChI is InChI=1S/C31H30N2O6/c1-5-7-23-16-22(18-27(38-6-2)28(23)39-19-21-10-8-20(3)9-11-21)17-26-29(34)32-31(36)33(30(26)35)24-12-14-25(37-4)15-13-24/h5,8-18H,1,6-7,19H2,2-4H3,(H,32,34,36)/b26-17+. The molecule has 0 radical (unpaired) electrons. The second-order valence-electron chi connectivity index (χ2n) is 8.86. The van der Waals surface area contributed by atoms with Gasteiger partial charge in [-0.05, 0) is 73.9 Å². The van der Waals surface area contributed by atoms with Crippen molar-refractivity contribution in [2.45, 2.75) is 26.9 Å². The molecule has 0 bridgehead atoms. The maximum atomic E-state index is 13.3. The number of rotatable bonds is 10. The Morgan fingerprint density at radius 2 is 1.69 bits per heavy atom. The lowest BCUT2D eigenvalue weighted by Gasteiger charge is -2.26. The van der Waals surface area contributed by atoms with Crippen LogP contribution in [0.25, 0.3) is 6.08 Å². The van der Waals surface area contributed by atoms with Gasteiger partial charge in [-0.25, -0.2) is 9.69 Å². The molecule has 8 nitrogen and oxygen atoms in total. The fourth-order valence-corrected chi connectivity index (χ4v) is 4.13. The zero-order chi connectivity index (χ0) is 27.9. The Labute approximate surface area is 227 Å². The molecule has 0 saturated carbocycles. The van der Waals surface area contributed by atoms with E-state index in [9.17, 15) is 14.4 Å². The molecular weight excluding hydrogens is 496 g/mol. The number of carbonyl (C=O) groups is 3. The number of hydrogen-bond donors (Lipinski definition) is 1. The Balaban J connectivity index is 1.70.